The van der Waals surface area contributed by atoms with Gasteiger partial charge in [-0.15, -0.1) is 24.8 Å². The largest absolute Gasteiger partial charge is 0.373 e. The van der Waals surface area contributed by atoms with Gasteiger partial charge in [-0.2, -0.15) is 0 Å². The Morgan fingerprint density at radius 3 is 2.55 bits per heavy atom. The van der Waals surface area contributed by atoms with Crippen LogP contribution in [0.3, 0.4) is 0 Å². The number of ether oxygens (including phenoxy) is 1. The average Bonchev–Trinajstić information content (AvgIpc) is 2.68. The number of methoxy groups -OCH3 is 1. The molecule has 158 valence electrons. The number of hydrogen-bond acceptors (Lipinski definition) is 5. The first-order chi connectivity index (χ1) is 13.1. The predicted molar refractivity (Wildman–Crippen MR) is 116 cm³/mol. The minimum absolute atomic E-state index is 0. The van der Waals surface area contributed by atoms with Crippen molar-refractivity contribution in [1.82, 2.24) is 14.9 Å². The zero-order valence-electron chi connectivity index (χ0n) is 16.5. The van der Waals surface area contributed by atoms with Crippen molar-refractivity contribution in [3.63, 3.8) is 0 Å². The minimum Gasteiger partial charge on any atom is -0.373 e. The number of halogens is 2. The van der Waals surface area contributed by atoms with Crippen LogP contribution in [0.5, 0.6) is 0 Å². The van der Waals surface area contributed by atoms with Gasteiger partial charge in [-0.1, -0.05) is 12.5 Å². The second kappa shape index (κ2) is 9.85. The van der Waals surface area contributed by atoms with E-state index in [1.165, 1.54) is 12.0 Å². The molecule has 3 atom stereocenters. The van der Waals surface area contributed by atoms with Crippen molar-refractivity contribution < 1.29 is 9.53 Å². The van der Waals surface area contributed by atoms with E-state index in [0.717, 1.165) is 38.0 Å². The minimum atomic E-state index is -0.498. The molecule has 2 fully saturated rings. The maximum atomic E-state index is 11.6. The van der Waals surface area contributed by atoms with Gasteiger partial charge in [0.05, 0.1) is 0 Å². The highest BCUT2D eigenvalue weighted by Gasteiger charge is 2.53. The number of carbonyl (C=O) groups excluding carboxylic acids is 1. The first-order valence-corrected chi connectivity index (χ1v) is 9.56. The van der Waals surface area contributed by atoms with E-state index in [-0.39, 0.29) is 30.4 Å². The molecule has 0 spiro atoms. The third kappa shape index (κ3) is 4.40. The standard InChI is InChI=1S/C21H26N4O2.2ClH/c1-27-21(16-7-9-24-19(10-16)20(22)26)17-5-2-6-18(21)14-25(13-17)12-15-4-3-8-23-11-15;;/h3-4,7-11,17-18H,2,5-6,12-14H2,1H3,(H2,22,26);2*1H/t17-,18+,21-;;. The number of pyridine rings is 2. The van der Waals surface area contributed by atoms with Gasteiger partial charge in [0.1, 0.15) is 11.3 Å². The molecule has 2 N–H and O–H groups in total. The molecule has 1 amide bonds. The summed E-state index contributed by atoms with van der Waals surface area (Å²) >= 11 is 0. The number of hydrogen-bond donors (Lipinski definition) is 1. The van der Waals surface area contributed by atoms with Crippen LogP contribution in [0.25, 0.3) is 0 Å². The summed E-state index contributed by atoms with van der Waals surface area (Å²) in [6.45, 7) is 2.84. The van der Waals surface area contributed by atoms with Crippen molar-refractivity contribution in [2.75, 3.05) is 20.2 Å². The topological polar surface area (TPSA) is 81.3 Å². The van der Waals surface area contributed by atoms with Crippen molar-refractivity contribution in [1.29, 1.82) is 0 Å². The molecule has 8 heteroatoms. The van der Waals surface area contributed by atoms with Crippen molar-refractivity contribution in [2.45, 2.75) is 31.4 Å². The maximum Gasteiger partial charge on any atom is 0.267 e. The molecule has 0 aromatic carbocycles. The number of likely N-dealkylation sites (tertiary alicyclic amines) is 1. The van der Waals surface area contributed by atoms with E-state index >= 15 is 0 Å². The molecule has 0 unspecified atom stereocenters. The molecule has 1 saturated carbocycles. The number of rotatable bonds is 5. The Balaban J connectivity index is 0.00000150. The van der Waals surface area contributed by atoms with E-state index in [4.69, 9.17) is 10.5 Å². The third-order valence-electron chi connectivity index (χ3n) is 6.21. The summed E-state index contributed by atoms with van der Waals surface area (Å²) in [5.74, 6) is 0.242. The van der Waals surface area contributed by atoms with Crippen molar-refractivity contribution in [2.24, 2.45) is 17.6 Å². The van der Waals surface area contributed by atoms with Crippen LogP contribution in [0, 0.1) is 11.8 Å². The molecule has 2 aromatic rings. The van der Waals surface area contributed by atoms with Gasteiger partial charge in [-0.3, -0.25) is 19.7 Å². The molecule has 1 aliphatic carbocycles. The molecular weight excluding hydrogens is 411 g/mol. The summed E-state index contributed by atoms with van der Waals surface area (Å²) < 4.78 is 6.25. The van der Waals surface area contributed by atoms with Crippen molar-refractivity contribution in [3.05, 3.63) is 59.7 Å². The fraction of sp³-hybridized carbons (Fsp3) is 0.476. The predicted octanol–water partition coefficient (Wildman–Crippen LogP) is 3.19. The number of nitrogens with two attached hydrogens (primary N) is 1. The average molecular weight is 439 g/mol. The number of primary amides is 1. The van der Waals surface area contributed by atoms with E-state index in [2.05, 4.69) is 20.9 Å². The van der Waals surface area contributed by atoms with Crippen molar-refractivity contribution >= 4 is 30.7 Å². The lowest BCUT2D eigenvalue weighted by atomic mass is 9.62. The Kier molecular flexibility index (Phi) is 8.00. The fourth-order valence-corrected chi connectivity index (χ4v) is 5.13. The number of amides is 1. The molecule has 2 bridgehead atoms. The van der Waals surface area contributed by atoms with E-state index in [1.807, 2.05) is 30.6 Å². The number of aromatic nitrogens is 2. The van der Waals surface area contributed by atoms with Crippen LogP contribution < -0.4 is 5.73 Å². The van der Waals surface area contributed by atoms with Gasteiger partial charge in [0.15, 0.2) is 0 Å². The molecule has 29 heavy (non-hydrogen) atoms. The summed E-state index contributed by atoms with van der Waals surface area (Å²) in [6, 6.07) is 7.93. The number of carbonyl (C=O) groups is 1. The first-order valence-electron chi connectivity index (χ1n) is 9.56. The Morgan fingerprint density at radius 2 is 1.97 bits per heavy atom. The summed E-state index contributed by atoms with van der Waals surface area (Å²) in [5.41, 5.74) is 7.66. The highest BCUT2D eigenvalue weighted by molar-refractivity contribution is 5.90. The molecule has 0 radical (unpaired) electrons. The van der Waals surface area contributed by atoms with Gasteiger partial charge in [-0.25, -0.2) is 0 Å². The highest BCUT2D eigenvalue weighted by Crippen LogP contribution is 2.51. The summed E-state index contributed by atoms with van der Waals surface area (Å²) in [4.78, 5) is 22.5. The van der Waals surface area contributed by atoms with E-state index in [1.54, 1.807) is 13.3 Å². The van der Waals surface area contributed by atoms with Crippen LogP contribution in [0.1, 0.15) is 40.9 Å². The van der Waals surface area contributed by atoms with Gasteiger partial charge in [0.25, 0.3) is 5.91 Å². The van der Waals surface area contributed by atoms with E-state index < -0.39 is 5.91 Å². The second-order valence-corrected chi connectivity index (χ2v) is 7.67. The molecule has 6 nitrogen and oxygen atoms in total. The zero-order chi connectivity index (χ0) is 18.9. The van der Waals surface area contributed by atoms with Gasteiger partial charge >= 0.3 is 0 Å². The smallest absolute Gasteiger partial charge is 0.267 e. The zero-order valence-corrected chi connectivity index (χ0v) is 18.1. The van der Waals surface area contributed by atoms with Crippen LogP contribution in [0.4, 0.5) is 0 Å². The Hall–Kier alpha value is -1.73. The summed E-state index contributed by atoms with van der Waals surface area (Å²) in [6.07, 6.45) is 8.87. The summed E-state index contributed by atoms with van der Waals surface area (Å²) in [7, 11) is 1.80. The van der Waals surface area contributed by atoms with Gasteiger partial charge in [-0.05, 0) is 42.2 Å². The van der Waals surface area contributed by atoms with Gasteiger partial charge in [0.2, 0.25) is 0 Å². The van der Waals surface area contributed by atoms with E-state index in [0.29, 0.717) is 17.5 Å². The first kappa shape index (κ1) is 23.5. The second-order valence-electron chi connectivity index (χ2n) is 7.67. The lowest BCUT2D eigenvalue weighted by molar-refractivity contribution is -0.170. The summed E-state index contributed by atoms with van der Waals surface area (Å²) in [5, 5.41) is 0. The molecular formula is C21H28Cl2N4O2. The molecule has 2 aliphatic rings. The third-order valence-corrected chi connectivity index (χ3v) is 6.21. The highest BCUT2D eigenvalue weighted by atomic mass is 35.5. The van der Waals surface area contributed by atoms with Gasteiger partial charge in [0, 0.05) is 57.2 Å². The fourth-order valence-electron chi connectivity index (χ4n) is 5.13. The molecule has 3 heterocycles. The number of nitrogens with zero attached hydrogens (tertiary/aromatic N) is 3. The van der Waals surface area contributed by atoms with Gasteiger partial charge < -0.3 is 10.5 Å². The normalized spacial score (nSPS) is 26.1. The lowest BCUT2D eigenvalue weighted by Gasteiger charge is -2.55. The van der Waals surface area contributed by atoms with Crippen LogP contribution in [-0.4, -0.2) is 41.0 Å². The molecule has 4 rings (SSSR count). The molecule has 2 aromatic heterocycles. The SMILES string of the molecule is CO[C@]1(c2ccnc(C(N)=O)c2)[C@@H]2CCC[C@H]1CN(Cc1cccnc1)C2.Cl.Cl. The quantitative estimate of drug-likeness (QED) is 0.774. The van der Waals surface area contributed by atoms with Crippen LogP contribution in [0.2, 0.25) is 0 Å². The maximum absolute atomic E-state index is 11.6. The Bertz CT molecular complexity index is 807. The van der Waals surface area contributed by atoms with Crippen LogP contribution >= 0.6 is 24.8 Å². The Labute approximate surface area is 184 Å². The van der Waals surface area contributed by atoms with Crippen LogP contribution in [-0.2, 0) is 16.9 Å². The molecule has 1 aliphatic heterocycles. The van der Waals surface area contributed by atoms with Crippen molar-refractivity contribution in [3.8, 4) is 0 Å². The lowest BCUT2D eigenvalue weighted by Crippen LogP contribution is -2.58. The van der Waals surface area contributed by atoms with E-state index in [9.17, 15) is 4.79 Å². The molecule has 1 saturated heterocycles. The Morgan fingerprint density at radius 1 is 1.24 bits per heavy atom. The van der Waals surface area contributed by atoms with Crippen LogP contribution in [0.15, 0.2) is 42.9 Å². The number of piperidine rings is 1. The monoisotopic (exact) mass is 438 g/mol. The number of fused-ring (bicyclic) bond motifs is 2.